The maximum atomic E-state index is 12.5. The third-order valence-electron chi connectivity index (χ3n) is 4.33. The summed E-state index contributed by atoms with van der Waals surface area (Å²) in [5, 5.41) is 4.49. The van der Waals surface area contributed by atoms with E-state index in [4.69, 9.17) is 0 Å². The molecule has 0 saturated carbocycles. The summed E-state index contributed by atoms with van der Waals surface area (Å²) >= 11 is 0. The fraction of sp³-hybridized carbons (Fsp3) is 0.438. The van der Waals surface area contributed by atoms with E-state index in [-0.39, 0.29) is 5.91 Å². The van der Waals surface area contributed by atoms with Gasteiger partial charge in [0.1, 0.15) is 0 Å². The number of piperazine rings is 1. The Hall–Kier alpha value is -1.81. The SMILES string of the molecule is Cc1c(CC(=O)N2CCNCC2)c2ccccc2n1C. The van der Waals surface area contributed by atoms with Crippen LogP contribution in [0, 0.1) is 6.92 Å². The van der Waals surface area contributed by atoms with Crippen LogP contribution in [-0.2, 0) is 18.3 Å². The lowest BCUT2D eigenvalue weighted by Gasteiger charge is -2.27. The summed E-state index contributed by atoms with van der Waals surface area (Å²) in [6, 6.07) is 8.31. The Kier molecular flexibility index (Phi) is 3.49. The lowest BCUT2D eigenvalue weighted by atomic mass is 10.1. The minimum Gasteiger partial charge on any atom is -0.348 e. The van der Waals surface area contributed by atoms with Crippen LogP contribution >= 0.6 is 0 Å². The van der Waals surface area contributed by atoms with Crippen molar-refractivity contribution in [1.29, 1.82) is 0 Å². The van der Waals surface area contributed by atoms with Gasteiger partial charge in [0, 0.05) is 49.8 Å². The maximum absolute atomic E-state index is 12.5. The van der Waals surface area contributed by atoms with Crippen LogP contribution in [0.4, 0.5) is 0 Å². The van der Waals surface area contributed by atoms with E-state index >= 15 is 0 Å². The highest BCUT2D eigenvalue weighted by atomic mass is 16.2. The summed E-state index contributed by atoms with van der Waals surface area (Å²) in [5.41, 5.74) is 3.56. The smallest absolute Gasteiger partial charge is 0.227 e. The molecule has 4 heteroatoms. The first-order chi connectivity index (χ1) is 9.68. The molecule has 0 atom stereocenters. The van der Waals surface area contributed by atoms with Crippen LogP contribution in [0.15, 0.2) is 24.3 Å². The average Bonchev–Trinajstić information content (AvgIpc) is 2.74. The number of carbonyl (C=O) groups excluding carboxylic acids is 1. The van der Waals surface area contributed by atoms with E-state index in [1.54, 1.807) is 0 Å². The number of hydrogen-bond donors (Lipinski definition) is 1. The van der Waals surface area contributed by atoms with E-state index in [9.17, 15) is 4.79 Å². The molecule has 1 fully saturated rings. The number of aromatic nitrogens is 1. The van der Waals surface area contributed by atoms with Crippen LogP contribution in [0.25, 0.3) is 10.9 Å². The second-order valence-corrected chi connectivity index (χ2v) is 5.45. The quantitative estimate of drug-likeness (QED) is 0.898. The molecule has 4 nitrogen and oxygen atoms in total. The third-order valence-corrected chi connectivity index (χ3v) is 4.33. The average molecular weight is 271 g/mol. The first-order valence-corrected chi connectivity index (χ1v) is 7.20. The number of nitrogens with one attached hydrogen (secondary N) is 1. The zero-order chi connectivity index (χ0) is 14.1. The molecule has 1 aromatic carbocycles. The highest BCUT2D eigenvalue weighted by Crippen LogP contribution is 2.25. The van der Waals surface area contributed by atoms with Crippen molar-refractivity contribution in [2.45, 2.75) is 13.3 Å². The zero-order valence-corrected chi connectivity index (χ0v) is 12.1. The van der Waals surface area contributed by atoms with Crippen molar-refractivity contribution in [3.63, 3.8) is 0 Å². The fourth-order valence-electron chi connectivity index (χ4n) is 3.00. The molecular formula is C16H21N3O. The molecule has 1 amide bonds. The number of hydrogen-bond acceptors (Lipinski definition) is 2. The van der Waals surface area contributed by atoms with Crippen molar-refractivity contribution < 1.29 is 4.79 Å². The van der Waals surface area contributed by atoms with E-state index in [0.717, 1.165) is 26.2 Å². The van der Waals surface area contributed by atoms with Crippen LogP contribution in [-0.4, -0.2) is 41.6 Å². The van der Waals surface area contributed by atoms with Crippen LogP contribution in [0.5, 0.6) is 0 Å². The lowest BCUT2D eigenvalue weighted by molar-refractivity contribution is -0.131. The highest BCUT2D eigenvalue weighted by Gasteiger charge is 2.20. The maximum Gasteiger partial charge on any atom is 0.227 e. The fourth-order valence-corrected chi connectivity index (χ4v) is 3.00. The predicted octanol–water partition coefficient (Wildman–Crippen LogP) is 1.46. The summed E-state index contributed by atoms with van der Waals surface area (Å²) in [4.78, 5) is 14.4. The summed E-state index contributed by atoms with van der Waals surface area (Å²) < 4.78 is 2.18. The molecule has 0 spiro atoms. The molecule has 0 unspecified atom stereocenters. The molecule has 3 rings (SSSR count). The van der Waals surface area contributed by atoms with Crippen molar-refractivity contribution in [3.05, 3.63) is 35.5 Å². The number of aryl methyl sites for hydroxylation is 1. The van der Waals surface area contributed by atoms with E-state index in [2.05, 4.69) is 36.0 Å². The van der Waals surface area contributed by atoms with Gasteiger partial charge in [-0.1, -0.05) is 18.2 Å². The van der Waals surface area contributed by atoms with Gasteiger partial charge in [-0.15, -0.1) is 0 Å². The van der Waals surface area contributed by atoms with Gasteiger partial charge in [-0.25, -0.2) is 0 Å². The number of nitrogens with zero attached hydrogens (tertiary/aromatic N) is 2. The molecule has 0 aliphatic carbocycles. The highest BCUT2D eigenvalue weighted by molar-refractivity contribution is 5.90. The Balaban J connectivity index is 1.90. The number of carbonyl (C=O) groups is 1. The van der Waals surface area contributed by atoms with E-state index in [0.29, 0.717) is 6.42 Å². The Labute approximate surface area is 119 Å². The van der Waals surface area contributed by atoms with Crippen molar-refractivity contribution in [1.82, 2.24) is 14.8 Å². The molecule has 0 radical (unpaired) electrons. The van der Waals surface area contributed by atoms with E-state index < -0.39 is 0 Å². The van der Waals surface area contributed by atoms with Gasteiger partial charge in [0.05, 0.1) is 6.42 Å². The van der Waals surface area contributed by atoms with Crippen LogP contribution in [0.2, 0.25) is 0 Å². The Morgan fingerprint density at radius 1 is 1.25 bits per heavy atom. The first-order valence-electron chi connectivity index (χ1n) is 7.20. The van der Waals surface area contributed by atoms with Gasteiger partial charge in [0.2, 0.25) is 5.91 Å². The Bertz CT molecular complexity index is 638. The molecule has 1 aliphatic rings. The van der Waals surface area contributed by atoms with Crippen LogP contribution in [0.3, 0.4) is 0 Å². The molecule has 1 aromatic heterocycles. The number of amides is 1. The Morgan fingerprint density at radius 2 is 1.95 bits per heavy atom. The van der Waals surface area contributed by atoms with E-state index in [1.165, 1.54) is 22.2 Å². The van der Waals surface area contributed by atoms with Gasteiger partial charge in [-0.05, 0) is 18.6 Å². The van der Waals surface area contributed by atoms with Gasteiger partial charge in [-0.2, -0.15) is 0 Å². The minimum absolute atomic E-state index is 0.242. The van der Waals surface area contributed by atoms with Gasteiger partial charge in [0.25, 0.3) is 0 Å². The monoisotopic (exact) mass is 271 g/mol. The third kappa shape index (κ3) is 2.20. The molecule has 0 bridgehead atoms. The van der Waals surface area contributed by atoms with E-state index in [1.807, 2.05) is 17.0 Å². The zero-order valence-electron chi connectivity index (χ0n) is 12.1. The molecule has 20 heavy (non-hydrogen) atoms. The standard InChI is InChI=1S/C16H21N3O/c1-12-14(11-16(20)19-9-7-17-8-10-19)13-5-3-4-6-15(13)18(12)2/h3-6,17H,7-11H2,1-2H3. The molecule has 1 saturated heterocycles. The van der Waals surface area contributed by atoms with Crippen LogP contribution < -0.4 is 5.32 Å². The Morgan fingerprint density at radius 3 is 2.70 bits per heavy atom. The largest absolute Gasteiger partial charge is 0.348 e. The summed E-state index contributed by atoms with van der Waals surface area (Å²) in [6.45, 7) is 5.55. The minimum atomic E-state index is 0.242. The summed E-state index contributed by atoms with van der Waals surface area (Å²) in [5.74, 6) is 0.242. The van der Waals surface area contributed by atoms with Crippen molar-refractivity contribution in [2.75, 3.05) is 26.2 Å². The molecule has 2 heterocycles. The molecule has 1 aliphatic heterocycles. The van der Waals surface area contributed by atoms with Crippen molar-refractivity contribution >= 4 is 16.8 Å². The number of fused-ring (bicyclic) bond motifs is 1. The van der Waals surface area contributed by atoms with Crippen molar-refractivity contribution in [2.24, 2.45) is 7.05 Å². The van der Waals surface area contributed by atoms with Crippen LogP contribution in [0.1, 0.15) is 11.3 Å². The summed E-state index contributed by atoms with van der Waals surface area (Å²) in [7, 11) is 2.07. The lowest BCUT2D eigenvalue weighted by Crippen LogP contribution is -2.47. The van der Waals surface area contributed by atoms with Gasteiger partial charge in [0.15, 0.2) is 0 Å². The number of rotatable bonds is 2. The summed E-state index contributed by atoms with van der Waals surface area (Å²) in [6.07, 6.45) is 0.507. The molecule has 2 aromatic rings. The second kappa shape index (κ2) is 5.29. The number of benzene rings is 1. The molecular weight excluding hydrogens is 250 g/mol. The molecule has 106 valence electrons. The van der Waals surface area contributed by atoms with Gasteiger partial charge >= 0.3 is 0 Å². The van der Waals surface area contributed by atoms with Gasteiger partial charge < -0.3 is 14.8 Å². The predicted molar refractivity (Wildman–Crippen MR) is 80.8 cm³/mol. The normalized spacial score (nSPS) is 15.8. The van der Waals surface area contributed by atoms with Crippen molar-refractivity contribution in [3.8, 4) is 0 Å². The van der Waals surface area contributed by atoms with Gasteiger partial charge in [-0.3, -0.25) is 4.79 Å². The second-order valence-electron chi connectivity index (χ2n) is 5.45. The topological polar surface area (TPSA) is 37.3 Å². The first kappa shape index (κ1) is 13.2. The number of para-hydroxylation sites is 1. The molecule has 1 N–H and O–H groups in total.